The molecule has 3 heterocycles. The number of carbonyl (C=O) groups is 2. The molecule has 192 valence electrons. The topological polar surface area (TPSA) is 75.9 Å². The number of nitrogens with zero attached hydrogens (tertiary/aromatic N) is 3. The number of nitrogens with one attached hydrogen (secondary N) is 1. The van der Waals surface area contributed by atoms with Crippen LogP contribution in [0, 0.1) is 5.92 Å². The first-order chi connectivity index (χ1) is 17.1. The first-order valence-corrected chi connectivity index (χ1v) is 11.9. The van der Waals surface area contributed by atoms with Gasteiger partial charge < -0.3 is 15.0 Å². The number of hydrogen-bond donors (Lipinski definition) is 1. The van der Waals surface area contributed by atoms with Gasteiger partial charge in [-0.1, -0.05) is 26.0 Å². The minimum atomic E-state index is -4.40. The molecule has 1 atom stereocenters. The van der Waals surface area contributed by atoms with Crippen LogP contribution in [0.3, 0.4) is 0 Å². The number of rotatable bonds is 7. The van der Waals surface area contributed by atoms with Crippen molar-refractivity contribution in [3.8, 4) is 0 Å². The van der Waals surface area contributed by atoms with E-state index in [0.29, 0.717) is 43.8 Å². The number of carbonyl (C=O) groups excluding carboxylic acids is 2. The van der Waals surface area contributed by atoms with Crippen molar-refractivity contribution >= 4 is 17.3 Å². The summed E-state index contributed by atoms with van der Waals surface area (Å²) in [7, 11) is 0. The van der Waals surface area contributed by atoms with E-state index in [0.717, 1.165) is 17.7 Å². The Hall–Kier alpha value is -3.40. The Kier molecular flexibility index (Phi) is 7.63. The second-order valence-electron chi connectivity index (χ2n) is 9.34. The molecule has 0 saturated carbocycles. The summed E-state index contributed by atoms with van der Waals surface area (Å²) in [6.45, 7) is 6.24. The zero-order valence-electron chi connectivity index (χ0n) is 20.2. The maximum Gasteiger partial charge on any atom is 0.416 e. The molecule has 1 aliphatic rings. The quantitative estimate of drug-likeness (QED) is 0.520. The Balaban J connectivity index is 1.51. The molecular weight excluding hydrogens is 473 g/mol. The third-order valence-corrected chi connectivity index (χ3v) is 6.24. The van der Waals surface area contributed by atoms with Crippen molar-refractivity contribution in [3.63, 3.8) is 0 Å². The number of fused-ring (bicyclic) bond motifs is 1. The molecule has 36 heavy (non-hydrogen) atoms. The van der Waals surface area contributed by atoms with Crippen molar-refractivity contribution in [1.82, 2.24) is 19.8 Å². The monoisotopic (exact) mass is 502 g/mol. The predicted octanol–water partition coefficient (Wildman–Crippen LogP) is 4.39. The Morgan fingerprint density at radius 2 is 1.81 bits per heavy atom. The number of hydrogen-bond acceptors (Lipinski definition) is 4. The second kappa shape index (κ2) is 10.7. The number of ether oxygens (including phenoxy) is 1. The van der Waals surface area contributed by atoms with Gasteiger partial charge in [-0.25, -0.2) is 4.52 Å². The molecule has 4 rings (SSSR count). The fourth-order valence-corrected chi connectivity index (χ4v) is 4.40. The van der Waals surface area contributed by atoms with E-state index < -0.39 is 11.7 Å². The summed E-state index contributed by atoms with van der Waals surface area (Å²) in [5.41, 5.74) is 1.15. The molecule has 0 aliphatic carbocycles. The average Bonchev–Trinajstić information content (AvgIpc) is 3.30. The second-order valence-corrected chi connectivity index (χ2v) is 9.34. The minimum Gasteiger partial charge on any atom is -0.378 e. The summed E-state index contributed by atoms with van der Waals surface area (Å²) in [6.07, 6.45) is -2.03. The minimum absolute atomic E-state index is 0.153. The molecule has 7 nitrogen and oxygen atoms in total. The zero-order valence-corrected chi connectivity index (χ0v) is 20.2. The number of amides is 2. The fraction of sp³-hybridized carbons (Fsp3) is 0.423. The van der Waals surface area contributed by atoms with Gasteiger partial charge in [0.1, 0.15) is 0 Å². The van der Waals surface area contributed by atoms with Crippen LogP contribution in [-0.4, -0.2) is 59.2 Å². The highest BCUT2D eigenvalue weighted by Crippen LogP contribution is 2.31. The maximum atomic E-state index is 13.1. The van der Waals surface area contributed by atoms with Gasteiger partial charge in [-0.15, -0.1) is 0 Å². The molecule has 0 spiro atoms. The van der Waals surface area contributed by atoms with E-state index >= 15 is 0 Å². The molecule has 1 aliphatic heterocycles. The van der Waals surface area contributed by atoms with E-state index in [9.17, 15) is 22.8 Å². The van der Waals surface area contributed by atoms with Crippen LogP contribution in [0.25, 0.3) is 5.52 Å². The summed E-state index contributed by atoms with van der Waals surface area (Å²) in [5, 5.41) is 7.28. The highest BCUT2D eigenvalue weighted by molar-refractivity contribution is 6.02. The molecule has 2 aromatic heterocycles. The van der Waals surface area contributed by atoms with E-state index in [-0.39, 0.29) is 35.9 Å². The van der Waals surface area contributed by atoms with Crippen LogP contribution in [0.5, 0.6) is 0 Å². The van der Waals surface area contributed by atoms with Crippen LogP contribution in [0.1, 0.15) is 58.2 Å². The third-order valence-electron chi connectivity index (χ3n) is 6.24. The first kappa shape index (κ1) is 25.7. The molecule has 0 radical (unpaired) electrons. The highest BCUT2D eigenvalue weighted by atomic mass is 19.4. The average molecular weight is 503 g/mol. The summed E-state index contributed by atoms with van der Waals surface area (Å²) < 4.78 is 45.7. The Morgan fingerprint density at radius 1 is 1.11 bits per heavy atom. The number of alkyl halides is 3. The number of morpholine rings is 1. The molecule has 10 heteroatoms. The lowest BCUT2D eigenvalue weighted by Crippen LogP contribution is -2.40. The lowest BCUT2D eigenvalue weighted by molar-refractivity contribution is -0.137. The standard InChI is InChI=1S/C26H29F3N4O3/c1-17(2)14-19(18-5-7-20(8-6-18)26(27,28)29)16-30-24(34)21-4-3-9-33-23(21)15-22(31-33)25(35)32-10-12-36-13-11-32/h3-9,15,17,19H,10-14,16H2,1-2H3,(H,30,34). The molecule has 1 unspecified atom stereocenters. The first-order valence-electron chi connectivity index (χ1n) is 11.9. The highest BCUT2D eigenvalue weighted by Gasteiger charge is 2.30. The molecule has 1 saturated heterocycles. The van der Waals surface area contributed by atoms with Crippen molar-refractivity contribution in [3.05, 3.63) is 71.0 Å². The summed E-state index contributed by atoms with van der Waals surface area (Å²) >= 11 is 0. The normalized spacial score (nSPS) is 15.3. The lowest BCUT2D eigenvalue weighted by atomic mass is 9.89. The summed E-state index contributed by atoms with van der Waals surface area (Å²) in [4.78, 5) is 27.6. The zero-order chi connectivity index (χ0) is 25.9. The largest absolute Gasteiger partial charge is 0.416 e. The van der Waals surface area contributed by atoms with Gasteiger partial charge in [-0.05, 0) is 48.2 Å². The Morgan fingerprint density at radius 3 is 2.44 bits per heavy atom. The van der Waals surface area contributed by atoms with Crippen LogP contribution in [0.2, 0.25) is 0 Å². The van der Waals surface area contributed by atoms with Gasteiger partial charge in [0.2, 0.25) is 0 Å². The van der Waals surface area contributed by atoms with Crippen LogP contribution < -0.4 is 5.32 Å². The summed E-state index contributed by atoms with van der Waals surface area (Å²) in [6, 6.07) is 10.0. The van der Waals surface area contributed by atoms with Crippen molar-refractivity contribution in [2.24, 2.45) is 5.92 Å². The Labute approximate surface area is 207 Å². The number of halogens is 3. The van der Waals surface area contributed by atoms with Gasteiger partial charge in [0.15, 0.2) is 5.69 Å². The number of aromatic nitrogens is 2. The van der Waals surface area contributed by atoms with Crippen LogP contribution >= 0.6 is 0 Å². The predicted molar refractivity (Wildman–Crippen MR) is 128 cm³/mol. The van der Waals surface area contributed by atoms with E-state index in [4.69, 9.17) is 4.74 Å². The molecule has 2 amide bonds. The SMILES string of the molecule is CC(C)CC(CNC(=O)c1cccn2nc(C(=O)N3CCOCC3)cc12)c1ccc(C(F)(F)F)cc1. The van der Waals surface area contributed by atoms with E-state index in [1.165, 1.54) is 16.6 Å². The lowest BCUT2D eigenvalue weighted by Gasteiger charge is -2.25. The molecule has 1 aromatic carbocycles. The van der Waals surface area contributed by atoms with Gasteiger partial charge in [-0.2, -0.15) is 18.3 Å². The smallest absolute Gasteiger partial charge is 0.378 e. The maximum absolute atomic E-state index is 13.1. The van der Waals surface area contributed by atoms with Gasteiger partial charge in [0.25, 0.3) is 11.8 Å². The van der Waals surface area contributed by atoms with E-state index in [2.05, 4.69) is 10.4 Å². The molecule has 1 fully saturated rings. The van der Waals surface area contributed by atoms with Crippen molar-refractivity contribution in [2.75, 3.05) is 32.8 Å². The van der Waals surface area contributed by atoms with E-state index in [1.54, 1.807) is 29.3 Å². The van der Waals surface area contributed by atoms with Crippen LogP contribution in [0.15, 0.2) is 48.7 Å². The van der Waals surface area contributed by atoms with Crippen molar-refractivity contribution in [2.45, 2.75) is 32.4 Å². The van der Waals surface area contributed by atoms with Gasteiger partial charge in [-0.3, -0.25) is 9.59 Å². The van der Waals surface area contributed by atoms with Crippen molar-refractivity contribution in [1.29, 1.82) is 0 Å². The van der Waals surface area contributed by atoms with Crippen LogP contribution in [0.4, 0.5) is 13.2 Å². The van der Waals surface area contributed by atoms with Crippen LogP contribution in [-0.2, 0) is 10.9 Å². The van der Waals surface area contributed by atoms with E-state index in [1.807, 2.05) is 13.8 Å². The van der Waals surface area contributed by atoms with Crippen molar-refractivity contribution < 1.29 is 27.5 Å². The number of pyridine rings is 1. The summed E-state index contributed by atoms with van der Waals surface area (Å²) in [5.74, 6) is -0.431. The van der Waals surface area contributed by atoms with Gasteiger partial charge in [0, 0.05) is 31.7 Å². The molecule has 1 N–H and O–H groups in total. The fourth-order valence-electron chi connectivity index (χ4n) is 4.40. The van der Waals surface area contributed by atoms with Gasteiger partial charge in [0.05, 0.1) is 29.9 Å². The third kappa shape index (κ3) is 5.87. The van der Waals surface area contributed by atoms with Gasteiger partial charge >= 0.3 is 6.18 Å². The molecule has 3 aromatic rings. The Bertz CT molecular complexity index is 1220. The molecular formula is C26H29F3N4O3. The number of benzene rings is 1. The molecule has 0 bridgehead atoms.